The van der Waals surface area contributed by atoms with E-state index in [1.165, 1.54) is 10.4 Å². The first-order valence-corrected chi connectivity index (χ1v) is 9.01. The predicted molar refractivity (Wildman–Crippen MR) is 81.4 cm³/mol. The maximum atomic E-state index is 12.5. The number of hydrogen-bond acceptors (Lipinski definition) is 5. The number of pyridine rings is 1. The summed E-state index contributed by atoms with van der Waals surface area (Å²) in [5, 5.41) is 0. The molecule has 1 fully saturated rings. The maximum absolute atomic E-state index is 12.5. The van der Waals surface area contributed by atoms with Crippen molar-refractivity contribution in [2.75, 3.05) is 13.1 Å². The van der Waals surface area contributed by atoms with Gasteiger partial charge in [-0.2, -0.15) is 4.31 Å². The quantitative estimate of drug-likeness (QED) is 0.855. The molecule has 1 aliphatic heterocycles. The lowest BCUT2D eigenvalue weighted by atomic mass is 10.3. The summed E-state index contributed by atoms with van der Waals surface area (Å²) in [6.45, 7) is 0.787. The van der Waals surface area contributed by atoms with Crippen molar-refractivity contribution < 1.29 is 13.2 Å². The molecule has 5 nitrogen and oxygen atoms in total. The Morgan fingerprint density at radius 1 is 1.38 bits per heavy atom. The zero-order chi connectivity index (χ0) is 14.9. The van der Waals surface area contributed by atoms with E-state index in [0.717, 1.165) is 11.3 Å². The third kappa shape index (κ3) is 3.21. The van der Waals surface area contributed by atoms with Crippen LogP contribution in [-0.4, -0.2) is 36.9 Å². The number of aromatic nitrogens is 1. The van der Waals surface area contributed by atoms with Crippen LogP contribution < -0.4 is 4.74 Å². The standard InChI is InChI=1S/C13H13ClN2O3S2/c14-12-3-4-13(20-12)21(17,18)16-7-5-11(9-16)19-10-2-1-6-15-8-10/h1-4,6,8,11H,5,7,9H2/t11-/m1/s1. The van der Waals surface area contributed by atoms with Crippen molar-refractivity contribution in [3.63, 3.8) is 0 Å². The average Bonchev–Trinajstić information content (AvgIpc) is 3.10. The highest BCUT2D eigenvalue weighted by atomic mass is 35.5. The molecule has 112 valence electrons. The molecule has 21 heavy (non-hydrogen) atoms. The summed E-state index contributed by atoms with van der Waals surface area (Å²) in [5.74, 6) is 0.654. The second-order valence-electron chi connectivity index (χ2n) is 4.64. The van der Waals surface area contributed by atoms with Crippen LogP contribution in [0.3, 0.4) is 0 Å². The average molecular weight is 345 g/mol. The van der Waals surface area contributed by atoms with Gasteiger partial charge in [-0.05, 0) is 30.7 Å². The van der Waals surface area contributed by atoms with Gasteiger partial charge in [0, 0.05) is 12.7 Å². The summed E-state index contributed by atoms with van der Waals surface area (Å²) in [4.78, 5) is 3.98. The second-order valence-corrected chi connectivity index (χ2v) is 8.52. The Kier molecular flexibility index (Phi) is 4.17. The lowest BCUT2D eigenvalue weighted by Gasteiger charge is -2.16. The lowest BCUT2D eigenvalue weighted by molar-refractivity contribution is 0.215. The highest BCUT2D eigenvalue weighted by Crippen LogP contribution is 2.30. The van der Waals surface area contributed by atoms with Crippen molar-refractivity contribution in [2.45, 2.75) is 16.7 Å². The van der Waals surface area contributed by atoms with E-state index < -0.39 is 10.0 Å². The van der Waals surface area contributed by atoms with Crippen LogP contribution in [0.4, 0.5) is 0 Å². The molecule has 0 radical (unpaired) electrons. The first kappa shape index (κ1) is 14.8. The number of halogens is 1. The van der Waals surface area contributed by atoms with Gasteiger partial charge in [-0.25, -0.2) is 8.42 Å². The Hall–Kier alpha value is -1.15. The largest absolute Gasteiger partial charge is 0.487 e. The molecular weight excluding hydrogens is 332 g/mol. The number of thiophene rings is 1. The summed E-state index contributed by atoms with van der Waals surface area (Å²) >= 11 is 6.88. The van der Waals surface area contributed by atoms with Gasteiger partial charge >= 0.3 is 0 Å². The van der Waals surface area contributed by atoms with Crippen molar-refractivity contribution in [1.29, 1.82) is 0 Å². The van der Waals surface area contributed by atoms with Crippen molar-refractivity contribution in [1.82, 2.24) is 9.29 Å². The van der Waals surface area contributed by atoms with E-state index in [4.69, 9.17) is 16.3 Å². The Bertz CT molecular complexity index is 718. The van der Waals surface area contributed by atoms with Crippen molar-refractivity contribution in [3.05, 3.63) is 41.0 Å². The number of hydrogen-bond donors (Lipinski definition) is 0. The number of sulfonamides is 1. The van der Waals surface area contributed by atoms with E-state index >= 15 is 0 Å². The Morgan fingerprint density at radius 2 is 2.24 bits per heavy atom. The number of ether oxygens (including phenoxy) is 1. The molecule has 3 rings (SSSR count). The van der Waals surface area contributed by atoms with Gasteiger partial charge in [0.25, 0.3) is 10.0 Å². The number of rotatable bonds is 4. The first-order valence-electron chi connectivity index (χ1n) is 6.38. The molecular formula is C13H13ClN2O3S2. The molecule has 1 saturated heterocycles. The van der Waals surface area contributed by atoms with Crippen LogP contribution in [0.25, 0.3) is 0 Å². The highest BCUT2D eigenvalue weighted by Gasteiger charge is 2.34. The zero-order valence-electron chi connectivity index (χ0n) is 11.0. The normalized spacial score (nSPS) is 19.8. The smallest absolute Gasteiger partial charge is 0.252 e. The van der Waals surface area contributed by atoms with Crippen LogP contribution in [-0.2, 0) is 10.0 Å². The highest BCUT2D eigenvalue weighted by molar-refractivity contribution is 7.91. The van der Waals surface area contributed by atoms with Gasteiger partial charge in [0.1, 0.15) is 16.1 Å². The molecule has 2 aromatic heterocycles. The van der Waals surface area contributed by atoms with Crippen molar-refractivity contribution >= 4 is 33.0 Å². The van der Waals surface area contributed by atoms with Gasteiger partial charge in [-0.3, -0.25) is 4.98 Å². The zero-order valence-corrected chi connectivity index (χ0v) is 13.4. The minimum absolute atomic E-state index is 0.153. The molecule has 0 amide bonds. The molecule has 0 aliphatic carbocycles. The molecule has 0 spiro atoms. The summed E-state index contributed by atoms with van der Waals surface area (Å²) < 4.78 is 32.8. The fourth-order valence-electron chi connectivity index (χ4n) is 2.19. The predicted octanol–water partition coefficient (Wildman–Crippen LogP) is 2.64. The Labute approximate surface area is 132 Å². The van der Waals surface area contributed by atoms with E-state index in [1.807, 2.05) is 6.07 Å². The summed E-state index contributed by atoms with van der Waals surface area (Å²) in [7, 11) is -3.47. The van der Waals surface area contributed by atoms with E-state index in [0.29, 0.717) is 29.6 Å². The van der Waals surface area contributed by atoms with Crippen molar-refractivity contribution in [2.24, 2.45) is 0 Å². The van der Waals surface area contributed by atoms with E-state index in [-0.39, 0.29) is 10.3 Å². The fourth-order valence-corrected chi connectivity index (χ4v) is 5.31. The molecule has 1 aliphatic rings. The van der Waals surface area contributed by atoms with Gasteiger partial charge in [0.2, 0.25) is 0 Å². The third-order valence-corrected chi connectivity index (χ3v) is 6.75. The van der Waals surface area contributed by atoms with Crippen LogP contribution in [0.15, 0.2) is 40.9 Å². The van der Waals surface area contributed by atoms with Gasteiger partial charge in [-0.1, -0.05) is 11.6 Å². The minimum atomic E-state index is -3.47. The molecule has 0 N–H and O–H groups in total. The van der Waals surface area contributed by atoms with Crippen LogP contribution >= 0.6 is 22.9 Å². The van der Waals surface area contributed by atoms with Crippen LogP contribution in [0.1, 0.15) is 6.42 Å². The summed E-state index contributed by atoms with van der Waals surface area (Å²) in [6.07, 6.45) is 3.79. The van der Waals surface area contributed by atoms with Crippen molar-refractivity contribution in [3.8, 4) is 5.75 Å². The molecule has 0 bridgehead atoms. The SMILES string of the molecule is O=S(=O)(c1ccc(Cl)s1)N1CC[C@@H](Oc2cccnc2)C1. The summed E-state index contributed by atoms with van der Waals surface area (Å²) in [5.41, 5.74) is 0. The Balaban J connectivity index is 1.69. The molecule has 1 atom stereocenters. The fraction of sp³-hybridized carbons (Fsp3) is 0.308. The maximum Gasteiger partial charge on any atom is 0.252 e. The molecule has 0 saturated carbocycles. The molecule has 0 unspecified atom stereocenters. The van der Waals surface area contributed by atoms with Gasteiger partial charge in [-0.15, -0.1) is 11.3 Å². The van der Waals surface area contributed by atoms with Crippen LogP contribution in [0.2, 0.25) is 4.34 Å². The van der Waals surface area contributed by atoms with E-state index in [2.05, 4.69) is 4.98 Å². The third-order valence-electron chi connectivity index (χ3n) is 3.19. The van der Waals surface area contributed by atoms with Crippen LogP contribution in [0.5, 0.6) is 5.75 Å². The topological polar surface area (TPSA) is 59.5 Å². The second kappa shape index (κ2) is 5.92. The van der Waals surface area contributed by atoms with Gasteiger partial charge in [0.05, 0.1) is 17.1 Å². The van der Waals surface area contributed by atoms with E-state index in [1.54, 1.807) is 24.5 Å². The van der Waals surface area contributed by atoms with E-state index in [9.17, 15) is 8.42 Å². The van der Waals surface area contributed by atoms with Gasteiger partial charge < -0.3 is 4.74 Å². The lowest BCUT2D eigenvalue weighted by Crippen LogP contribution is -2.30. The molecule has 0 aromatic carbocycles. The molecule has 8 heteroatoms. The summed E-state index contributed by atoms with van der Waals surface area (Å²) in [6, 6.07) is 6.73. The molecule has 3 heterocycles. The minimum Gasteiger partial charge on any atom is -0.487 e. The molecule has 2 aromatic rings. The number of nitrogens with zero attached hydrogens (tertiary/aromatic N) is 2. The Morgan fingerprint density at radius 3 is 2.90 bits per heavy atom. The van der Waals surface area contributed by atoms with Crippen LogP contribution in [0, 0.1) is 0 Å². The monoisotopic (exact) mass is 344 g/mol. The van der Waals surface area contributed by atoms with Gasteiger partial charge in [0.15, 0.2) is 0 Å². The first-order chi connectivity index (χ1) is 10.1.